The molecule has 96 valence electrons. The molecule has 2 aromatic carbocycles. The summed E-state index contributed by atoms with van der Waals surface area (Å²) in [6, 6.07) is 7.85. The number of halogens is 2. The van der Waals surface area contributed by atoms with Crippen LogP contribution in [0.15, 0.2) is 36.4 Å². The van der Waals surface area contributed by atoms with Crippen molar-refractivity contribution >= 4 is 23.6 Å². The van der Waals surface area contributed by atoms with Gasteiger partial charge >= 0.3 is 0 Å². The lowest BCUT2D eigenvalue weighted by atomic mass is 10.0. The van der Waals surface area contributed by atoms with Gasteiger partial charge in [0.1, 0.15) is 5.82 Å². The topological polar surface area (TPSA) is 60.2 Å². The molecule has 2 aromatic rings. The summed E-state index contributed by atoms with van der Waals surface area (Å²) in [7, 11) is 0. The smallest absolute Gasteiger partial charge is 0.280 e. The number of aldehydes is 1. The maximum absolute atomic E-state index is 13.0. The Labute approximate surface area is 112 Å². The monoisotopic (exact) mass is 279 g/mol. The highest BCUT2D eigenvalue weighted by molar-refractivity contribution is 6.33. The Balaban J connectivity index is 2.60. The lowest BCUT2D eigenvalue weighted by molar-refractivity contribution is -0.385. The average molecular weight is 280 g/mol. The molecule has 0 N–H and O–H groups in total. The van der Waals surface area contributed by atoms with E-state index in [0.29, 0.717) is 17.4 Å². The lowest BCUT2D eigenvalue weighted by Gasteiger charge is -2.05. The third kappa shape index (κ3) is 2.61. The predicted molar refractivity (Wildman–Crippen MR) is 68.9 cm³/mol. The van der Waals surface area contributed by atoms with Crippen LogP contribution in [-0.2, 0) is 0 Å². The maximum Gasteiger partial charge on any atom is 0.280 e. The second-order valence-electron chi connectivity index (χ2n) is 3.77. The molecular formula is C13H7ClFNO3. The van der Waals surface area contributed by atoms with E-state index in [-0.39, 0.29) is 16.3 Å². The zero-order valence-corrected chi connectivity index (χ0v) is 10.2. The number of benzene rings is 2. The molecule has 19 heavy (non-hydrogen) atoms. The molecule has 0 amide bonds. The second-order valence-corrected chi connectivity index (χ2v) is 4.18. The molecule has 0 aromatic heterocycles. The fraction of sp³-hybridized carbons (Fsp3) is 0. The van der Waals surface area contributed by atoms with Crippen LogP contribution in [0.1, 0.15) is 10.4 Å². The summed E-state index contributed by atoms with van der Waals surface area (Å²) in [4.78, 5) is 20.9. The maximum atomic E-state index is 13.0. The molecule has 0 aliphatic rings. The van der Waals surface area contributed by atoms with Crippen LogP contribution in [0.2, 0.25) is 5.02 Å². The van der Waals surface area contributed by atoms with Gasteiger partial charge in [-0.1, -0.05) is 17.7 Å². The number of nitrogens with zero attached hydrogens (tertiary/aromatic N) is 1. The summed E-state index contributed by atoms with van der Waals surface area (Å²) in [6.45, 7) is 0. The quantitative estimate of drug-likeness (QED) is 0.487. The van der Waals surface area contributed by atoms with Gasteiger partial charge in [-0.3, -0.25) is 14.9 Å². The Hall–Kier alpha value is -2.27. The molecule has 4 nitrogen and oxygen atoms in total. The molecule has 0 spiro atoms. The third-order valence-electron chi connectivity index (χ3n) is 2.60. The van der Waals surface area contributed by atoms with Crippen LogP contribution in [0.4, 0.5) is 10.1 Å². The molecule has 0 fully saturated rings. The largest absolute Gasteiger partial charge is 0.298 e. The minimum Gasteiger partial charge on any atom is -0.298 e. The molecule has 0 bridgehead atoms. The average Bonchev–Trinajstić information content (AvgIpc) is 2.38. The van der Waals surface area contributed by atoms with E-state index in [0.717, 1.165) is 6.07 Å². The lowest BCUT2D eigenvalue weighted by Crippen LogP contribution is -1.95. The van der Waals surface area contributed by atoms with Gasteiger partial charge in [-0.2, -0.15) is 0 Å². The first-order chi connectivity index (χ1) is 9.02. The number of hydrogen-bond donors (Lipinski definition) is 0. The van der Waals surface area contributed by atoms with Crippen LogP contribution in [0.5, 0.6) is 0 Å². The zero-order valence-electron chi connectivity index (χ0n) is 9.47. The fourth-order valence-electron chi connectivity index (χ4n) is 1.69. The van der Waals surface area contributed by atoms with E-state index in [1.165, 1.54) is 30.3 Å². The van der Waals surface area contributed by atoms with E-state index < -0.39 is 10.7 Å². The van der Waals surface area contributed by atoms with Crippen LogP contribution < -0.4 is 0 Å². The molecule has 0 unspecified atom stereocenters. The Morgan fingerprint density at radius 3 is 2.53 bits per heavy atom. The Morgan fingerprint density at radius 2 is 1.95 bits per heavy atom. The SMILES string of the molecule is O=Cc1ccc(-c2ccc(F)cc2Cl)cc1[N+](=O)[O-]. The van der Waals surface area contributed by atoms with E-state index in [1.54, 1.807) is 0 Å². The molecule has 0 saturated heterocycles. The van der Waals surface area contributed by atoms with Gasteiger partial charge in [-0.15, -0.1) is 0 Å². The second kappa shape index (κ2) is 5.16. The summed E-state index contributed by atoms with van der Waals surface area (Å²) in [5.74, 6) is -0.493. The van der Waals surface area contributed by atoms with Crippen LogP contribution in [0.3, 0.4) is 0 Å². The van der Waals surface area contributed by atoms with Crippen molar-refractivity contribution in [2.45, 2.75) is 0 Å². The number of rotatable bonds is 3. The number of carbonyl (C=O) groups excluding carboxylic acids is 1. The van der Waals surface area contributed by atoms with E-state index in [9.17, 15) is 19.3 Å². The van der Waals surface area contributed by atoms with Gasteiger partial charge in [0.15, 0.2) is 6.29 Å². The van der Waals surface area contributed by atoms with Crippen molar-refractivity contribution in [3.05, 3.63) is 62.9 Å². The van der Waals surface area contributed by atoms with Crippen molar-refractivity contribution in [3.8, 4) is 11.1 Å². The van der Waals surface area contributed by atoms with Gasteiger partial charge < -0.3 is 0 Å². The minimum atomic E-state index is -0.648. The first kappa shape index (κ1) is 13.2. The van der Waals surface area contributed by atoms with Crippen molar-refractivity contribution in [1.29, 1.82) is 0 Å². The van der Waals surface area contributed by atoms with Gasteiger partial charge in [0.05, 0.1) is 15.5 Å². The first-order valence-electron chi connectivity index (χ1n) is 5.22. The number of carbonyl (C=O) groups is 1. The van der Waals surface area contributed by atoms with Gasteiger partial charge in [-0.05, 0) is 29.8 Å². The molecule has 0 saturated carbocycles. The van der Waals surface area contributed by atoms with Gasteiger partial charge in [0.25, 0.3) is 5.69 Å². The summed E-state index contributed by atoms with van der Waals surface area (Å²) >= 11 is 5.89. The van der Waals surface area contributed by atoms with Crippen LogP contribution >= 0.6 is 11.6 Å². The number of nitro benzene ring substituents is 1. The van der Waals surface area contributed by atoms with Crippen molar-refractivity contribution in [2.24, 2.45) is 0 Å². The van der Waals surface area contributed by atoms with E-state index in [4.69, 9.17) is 11.6 Å². The molecule has 6 heteroatoms. The summed E-state index contributed by atoms with van der Waals surface area (Å²) in [5, 5.41) is 11.0. The number of nitro groups is 1. The molecule has 0 radical (unpaired) electrons. The van der Waals surface area contributed by atoms with Crippen molar-refractivity contribution in [3.63, 3.8) is 0 Å². The number of hydrogen-bond acceptors (Lipinski definition) is 3. The third-order valence-corrected chi connectivity index (χ3v) is 2.91. The highest BCUT2D eigenvalue weighted by Gasteiger charge is 2.15. The summed E-state index contributed by atoms with van der Waals surface area (Å²) < 4.78 is 13.0. The standard InChI is InChI=1S/C13H7ClFNO3/c14-12-6-10(15)3-4-11(12)8-1-2-9(7-17)13(5-8)16(18)19/h1-7H. The fourth-order valence-corrected chi connectivity index (χ4v) is 1.97. The van der Waals surface area contributed by atoms with E-state index in [2.05, 4.69) is 0 Å². The predicted octanol–water partition coefficient (Wildman–Crippen LogP) is 3.87. The van der Waals surface area contributed by atoms with Crippen molar-refractivity contribution < 1.29 is 14.1 Å². The minimum absolute atomic E-state index is 0.0213. The normalized spacial score (nSPS) is 10.2. The van der Waals surface area contributed by atoms with Gasteiger partial charge in [0.2, 0.25) is 0 Å². The molecule has 2 rings (SSSR count). The Morgan fingerprint density at radius 1 is 1.21 bits per heavy atom. The van der Waals surface area contributed by atoms with E-state index >= 15 is 0 Å². The molecule has 0 aliphatic heterocycles. The highest BCUT2D eigenvalue weighted by Crippen LogP contribution is 2.31. The van der Waals surface area contributed by atoms with E-state index in [1.807, 2.05) is 0 Å². The summed E-state index contributed by atoms with van der Waals surface area (Å²) in [5.41, 5.74) is 0.575. The van der Waals surface area contributed by atoms with Gasteiger partial charge in [-0.25, -0.2) is 4.39 Å². The van der Waals surface area contributed by atoms with Crippen molar-refractivity contribution in [1.82, 2.24) is 0 Å². The molecule has 0 atom stereocenters. The van der Waals surface area contributed by atoms with Crippen LogP contribution in [0, 0.1) is 15.9 Å². The molecule has 0 heterocycles. The molecular weight excluding hydrogens is 273 g/mol. The zero-order chi connectivity index (χ0) is 14.0. The Kier molecular flexibility index (Phi) is 3.57. The van der Waals surface area contributed by atoms with Crippen LogP contribution in [-0.4, -0.2) is 11.2 Å². The first-order valence-corrected chi connectivity index (χ1v) is 5.60. The van der Waals surface area contributed by atoms with Crippen molar-refractivity contribution in [2.75, 3.05) is 0 Å². The Bertz CT molecular complexity index is 673. The van der Waals surface area contributed by atoms with Gasteiger partial charge in [0, 0.05) is 11.6 Å². The molecule has 0 aliphatic carbocycles. The summed E-state index contributed by atoms with van der Waals surface area (Å²) in [6.07, 6.45) is 0.411. The van der Waals surface area contributed by atoms with Crippen LogP contribution in [0.25, 0.3) is 11.1 Å². The highest BCUT2D eigenvalue weighted by atomic mass is 35.5.